The Hall–Kier alpha value is -0.480. The van der Waals surface area contributed by atoms with Gasteiger partial charge in [-0.25, -0.2) is 0 Å². The van der Waals surface area contributed by atoms with Gasteiger partial charge in [-0.3, -0.25) is 0 Å². The molecule has 0 spiro atoms. The maximum atomic E-state index is 5.92. The molecule has 1 nitrogen and oxygen atoms in total. The van der Waals surface area contributed by atoms with Crippen LogP contribution in [-0.2, 0) is 6.42 Å². The second kappa shape index (κ2) is 8.84. The molecule has 0 aliphatic carbocycles. The Balaban J connectivity index is 1.92. The zero-order valence-electron chi connectivity index (χ0n) is 12.0. The average molecular weight is 385 g/mol. The maximum Gasteiger partial charge on any atom is 0.0406 e. The first-order chi connectivity index (χ1) is 10.2. The van der Waals surface area contributed by atoms with Crippen LogP contribution in [-0.4, -0.2) is 18.3 Å². The number of thioether (sulfide) groups is 1. The molecule has 0 saturated carbocycles. The van der Waals surface area contributed by atoms with Gasteiger partial charge in [0.2, 0.25) is 0 Å². The highest BCUT2D eigenvalue weighted by molar-refractivity contribution is 9.10. The molecule has 0 aromatic heterocycles. The molecule has 0 heterocycles. The quantitative estimate of drug-likeness (QED) is 0.640. The Labute approximate surface area is 144 Å². The molecule has 112 valence electrons. The van der Waals surface area contributed by atoms with Crippen molar-refractivity contribution in [1.82, 2.24) is 5.32 Å². The summed E-state index contributed by atoms with van der Waals surface area (Å²) >= 11 is 11.3. The van der Waals surface area contributed by atoms with Gasteiger partial charge in [0.15, 0.2) is 0 Å². The lowest BCUT2D eigenvalue weighted by Gasteiger charge is -2.17. The normalized spacial score (nSPS) is 12.3. The summed E-state index contributed by atoms with van der Waals surface area (Å²) in [5.74, 6) is 1.05. The van der Waals surface area contributed by atoms with Crippen molar-refractivity contribution in [2.24, 2.45) is 0 Å². The first-order valence-electron chi connectivity index (χ1n) is 7.03. The van der Waals surface area contributed by atoms with Gasteiger partial charge in [-0.1, -0.05) is 46.6 Å². The lowest BCUT2D eigenvalue weighted by Crippen LogP contribution is -2.33. The Kier molecular flexibility index (Phi) is 7.11. The first kappa shape index (κ1) is 16.9. The molecule has 0 fully saturated rings. The van der Waals surface area contributed by atoms with Crippen molar-refractivity contribution in [2.75, 3.05) is 12.3 Å². The van der Waals surface area contributed by atoms with E-state index in [2.05, 4.69) is 64.6 Å². The molecular formula is C17H19BrClNS. The van der Waals surface area contributed by atoms with E-state index in [0.717, 1.165) is 28.2 Å². The third-order valence-electron chi connectivity index (χ3n) is 3.15. The number of rotatable bonds is 7. The number of benzene rings is 2. The zero-order chi connectivity index (χ0) is 15.1. The Morgan fingerprint density at radius 2 is 1.76 bits per heavy atom. The van der Waals surface area contributed by atoms with E-state index in [0.29, 0.717) is 6.04 Å². The standard InChI is InChI=1S/C17H19BrClNS/c1-2-20-16(11-13-3-5-14(18)6-4-13)12-21-17-9-7-15(19)8-10-17/h3-10,16,20H,2,11-12H2,1H3. The van der Waals surface area contributed by atoms with Crippen LogP contribution in [0.5, 0.6) is 0 Å². The summed E-state index contributed by atoms with van der Waals surface area (Å²) in [6.07, 6.45) is 1.04. The maximum absolute atomic E-state index is 5.92. The van der Waals surface area contributed by atoms with Gasteiger partial charge < -0.3 is 5.32 Å². The minimum Gasteiger partial charge on any atom is -0.313 e. The third-order valence-corrected chi connectivity index (χ3v) is 5.11. The van der Waals surface area contributed by atoms with Crippen LogP contribution in [0.25, 0.3) is 0 Å². The minimum atomic E-state index is 0.469. The molecule has 1 N–H and O–H groups in total. The second-order valence-electron chi connectivity index (χ2n) is 4.85. The predicted octanol–water partition coefficient (Wildman–Crippen LogP) is 5.42. The summed E-state index contributed by atoms with van der Waals surface area (Å²) in [5.41, 5.74) is 1.36. The topological polar surface area (TPSA) is 12.0 Å². The summed E-state index contributed by atoms with van der Waals surface area (Å²) in [6, 6.07) is 17.1. The van der Waals surface area contributed by atoms with Crippen LogP contribution >= 0.6 is 39.3 Å². The third kappa shape index (κ3) is 6.03. The van der Waals surface area contributed by atoms with Crippen molar-refractivity contribution in [3.8, 4) is 0 Å². The van der Waals surface area contributed by atoms with E-state index < -0.39 is 0 Å². The summed E-state index contributed by atoms with van der Waals surface area (Å²) < 4.78 is 1.13. The van der Waals surface area contributed by atoms with Crippen LogP contribution in [0, 0.1) is 0 Å². The van der Waals surface area contributed by atoms with Gasteiger partial charge in [0.1, 0.15) is 0 Å². The molecule has 1 atom stereocenters. The van der Waals surface area contributed by atoms with Crippen LogP contribution < -0.4 is 5.32 Å². The molecule has 1 unspecified atom stereocenters. The van der Waals surface area contributed by atoms with Crippen molar-refractivity contribution in [2.45, 2.75) is 24.3 Å². The van der Waals surface area contributed by atoms with Crippen molar-refractivity contribution >= 4 is 39.3 Å². The van der Waals surface area contributed by atoms with Crippen LogP contribution in [0.2, 0.25) is 5.02 Å². The number of likely N-dealkylation sites (N-methyl/N-ethyl adjacent to an activating group) is 1. The van der Waals surface area contributed by atoms with Crippen LogP contribution in [0.15, 0.2) is 57.9 Å². The number of hydrogen-bond donors (Lipinski definition) is 1. The van der Waals surface area contributed by atoms with Gasteiger partial charge in [0, 0.05) is 26.2 Å². The highest BCUT2D eigenvalue weighted by Gasteiger charge is 2.09. The molecule has 0 amide bonds. The predicted molar refractivity (Wildman–Crippen MR) is 97.5 cm³/mol. The van der Waals surface area contributed by atoms with E-state index in [9.17, 15) is 0 Å². The van der Waals surface area contributed by atoms with Crippen molar-refractivity contribution in [3.05, 3.63) is 63.6 Å². The molecule has 0 aliphatic rings. The molecule has 2 aromatic rings. The van der Waals surface area contributed by atoms with Crippen molar-refractivity contribution < 1.29 is 0 Å². The van der Waals surface area contributed by atoms with Gasteiger partial charge in [-0.05, 0) is 54.9 Å². The van der Waals surface area contributed by atoms with Gasteiger partial charge in [0.05, 0.1) is 0 Å². The molecule has 0 bridgehead atoms. The second-order valence-corrected chi connectivity index (χ2v) is 7.30. The summed E-state index contributed by atoms with van der Waals surface area (Å²) in [5, 5.41) is 4.36. The fraction of sp³-hybridized carbons (Fsp3) is 0.294. The van der Waals surface area contributed by atoms with E-state index >= 15 is 0 Å². The van der Waals surface area contributed by atoms with E-state index in [1.54, 1.807) is 0 Å². The molecule has 21 heavy (non-hydrogen) atoms. The van der Waals surface area contributed by atoms with Gasteiger partial charge >= 0.3 is 0 Å². The average Bonchev–Trinajstić information content (AvgIpc) is 2.49. The largest absolute Gasteiger partial charge is 0.313 e. The van der Waals surface area contributed by atoms with Crippen LogP contribution in [0.4, 0.5) is 0 Å². The van der Waals surface area contributed by atoms with E-state index in [4.69, 9.17) is 11.6 Å². The number of hydrogen-bond acceptors (Lipinski definition) is 2. The summed E-state index contributed by atoms with van der Waals surface area (Å²) in [6.45, 7) is 3.14. The van der Waals surface area contributed by atoms with Gasteiger partial charge in [-0.15, -0.1) is 11.8 Å². The molecular weight excluding hydrogens is 366 g/mol. The minimum absolute atomic E-state index is 0.469. The molecule has 2 rings (SSSR count). The fourth-order valence-electron chi connectivity index (χ4n) is 2.11. The smallest absolute Gasteiger partial charge is 0.0406 e. The monoisotopic (exact) mass is 383 g/mol. The van der Waals surface area contributed by atoms with Crippen LogP contribution in [0.1, 0.15) is 12.5 Å². The van der Waals surface area contributed by atoms with Gasteiger partial charge in [0.25, 0.3) is 0 Å². The van der Waals surface area contributed by atoms with Crippen molar-refractivity contribution in [3.63, 3.8) is 0 Å². The van der Waals surface area contributed by atoms with E-state index in [1.165, 1.54) is 10.5 Å². The highest BCUT2D eigenvalue weighted by Crippen LogP contribution is 2.22. The Morgan fingerprint density at radius 1 is 1.10 bits per heavy atom. The first-order valence-corrected chi connectivity index (χ1v) is 9.19. The Bertz CT molecular complexity index is 542. The molecule has 2 aromatic carbocycles. The van der Waals surface area contributed by atoms with Crippen LogP contribution in [0.3, 0.4) is 0 Å². The summed E-state index contributed by atoms with van der Waals surface area (Å²) in [4.78, 5) is 1.26. The Morgan fingerprint density at radius 3 is 2.38 bits per heavy atom. The summed E-state index contributed by atoms with van der Waals surface area (Å²) in [7, 11) is 0. The highest BCUT2D eigenvalue weighted by atomic mass is 79.9. The number of nitrogens with one attached hydrogen (secondary N) is 1. The lowest BCUT2D eigenvalue weighted by atomic mass is 10.1. The van der Waals surface area contributed by atoms with Crippen molar-refractivity contribution in [1.29, 1.82) is 0 Å². The molecule has 0 aliphatic heterocycles. The fourth-order valence-corrected chi connectivity index (χ4v) is 3.46. The number of halogens is 2. The molecule has 4 heteroatoms. The molecule has 0 saturated heterocycles. The van der Waals surface area contributed by atoms with Gasteiger partial charge in [-0.2, -0.15) is 0 Å². The van der Waals surface area contributed by atoms with E-state index in [-0.39, 0.29) is 0 Å². The lowest BCUT2D eigenvalue weighted by molar-refractivity contribution is 0.572. The SMILES string of the molecule is CCNC(CSc1ccc(Cl)cc1)Cc1ccc(Br)cc1. The van der Waals surface area contributed by atoms with E-state index in [1.807, 2.05) is 23.9 Å². The molecule has 0 radical (unpaired) electrons. The zero-order valence-corrected chi connectivity index (χ0v) is 15.1.